The fourth-order valence-corrected chi connectivity index (χ4v) is 2.89. The highest BCUT2D eigenvalue weighted by atomic mass is 16.6. The number of nitro benzene ring substituents is 1. The van der Waals surface area contributed by atoms with E-state index in [0.717, 1.165) is 29.5 Å². The van der Waals surface area contributed by atoms with Gasteiger partial charge in [-0.2, -0.15) is 5.10 Å². The normalized spacial score (nSPS) is 10.9. The van der Waals surface area contributed by atoms with Crippen molar-refractivity contribution in [1.29, 1.82) is 0 Å². The lowest BCUT2D eigenvalue weighted by atomic mass is 10.1. The van der Waals surface area contributed by atoms with Gasteiger partial charge in [0.1, 0.15) is 11.3 Å². The van der Waals surface area contributed by atoms with Crippen molar-refractivity contribution in [3.8, 4) is 11.5 Å². The quantitative estimate of drug-likeness (QED) is 0.315. The van der Waals surface area contributed by atoms with Crippen LogP contribution in [0.15, 0.2) is 64.6 Å². The van der Waals surface area contributed by atoms with Crippen molar-refractivity contribution >= 4 is 17.8 Å². The largest absolute Gasteiger partial charge is 0.507 e. The third-order valence-electron chi connectivity index (χ3n) is 4.39. The number of nitrogens with zero attached hydrogens (tertiary/aromatic N) is 3. The summed E-state index contributed by atoms with van der Waals surface area (Å²) in [7, 11) is 0. The van der Waals surface area contributed by atoms with Crippen LogP contribution in [0.4, 0.5) is 5.69 Å². The molecule has 0 radical (unpaired) electrons. The number of phenols is 2. The number of aromatic nitrogens is 1. The second-order valence-electron chi connectivity index (χ2n) is 6.70. The van der Waals surface area contributed by atoms with E-state index >= 15 is 0 Å². The first-order valence-electron chi connectivity index (χ1n) is 9.05. The van der Waals surface area contributed by atoms with Crippen LogP contribution in [-0.4, -0.2) is 31.8 Å². The Hall–Kier alpha value is -4.47. The zero-order valence-electron chi connectivity index (χ0n) is 16.3. The zero-order valence-corrected chi connectivity index (χ0v) is 16.3. The Morgan fingerprint density at radius 3 is 2.68 bits per heavy atom. The van der Waals surface area contributed by atoms with Gasteiger partial charge in [0.25, 0.3) is 11.5 Å². The summed E-state index contributed by atoms with van der Waals surface area (Å²) in [5, 5.41) is 33.8. The summed E-state index contributed by atoms with van der Waals surface area (Å²) in [5.41, 5.74) is 2.71. The number of carbonyl (C=O) groups excluding carboxylic acids is 1. The van der Waals surface area contributed by atoms with Gasteiger partial charge in [-0.3, -0.25) is 19.7 Å². The molecule has 0 aliphatic rings. The van der Waals surface area contributed by atoms with Crippen LogP contribution in [0.1, 0.15) is 27.0 Å². The lowest BCUT2D eigenvalue weighted by molar-refractivity contribution is -0.385. The predicted molar refractivity (Wildman–Crippen MR) is 112 cm³/mol. The predicted octanol–water partition coefficient (Wildman–Crippen LogP) is 2.29. The molecule has 10 heteroatoms. The Balaban J connectivity index is 1.78. The molecule has 0 saturated carbocycles. The second-order valence-corrected chi connectivity index (χ2v) is 6.70. The Morgan fingerprint density at radius 2 is 1.97 bits per heavy atom. The van der Waals surface area contributed by atoms with Crippen LogP contribution >= 0.6 is 0 Å². The molecule has 0 unspecified atom stereocenters. The van der Waals surface area contributed by atoms with Gasteiger partial charge >= 0.3 is 5.69 Å². The fourth-order valence-electron chi connectivity index (χ4n) is 2.89. The summed E-state index contributed by atoms with van der Waals surface area (Å²) in [4.78, 5) is 35.1. The van der Waals surface area contributed by atoms with Crippen LogP contribution in [0.25, 0.3) is 0 Å². The summed E-state index contributed by atoms with van der Waals surface area (Å²) in [5.74, 6) is -1.96. The molecule has 3 aromatic rings. The lowest BCUT2D eigenvalue weighted by Crippen LogP contribution is -2.30. The van der Waals surface area contributed by atoms with E-state index in [1.54, 1.807) is 12.3 Å². The molecular formula is C21H18N4O6. The molecular weight excluding hydrogens is 404 g/mol. The highest BCUT2D eigenvalue weighted by molar-refractivity contribution is 5.95. The van der Waals surface area contributed by atoms with Crippen molar-refractivity contribution in [3.63, 3.8) is 0 Å². The first kappa shape index (κ1) is 21.2. The average Bonchev–Trinajstić information content (AvgIpc) is 2.71. The molecule has 0 aliphatic carbocycles. The maximum Gasteiger partial charge on any atom is 0.311 e. The van der Waals surface area contributed by atoms with Gasteiger partial charge in [-0.1, -0.05) is 29.8 Å². The van der Waals surface area contributed by atoms with Crippen LogP contribution in [0.3, 0.4) is 0 Å². The number of nitrogens with one attached hydrogen (secondary N) is 1. The number of carbonyl (C=O) groups is 1. The topological polar surface area (TPSA) is 147 Å². The van der Waals surface area contributed by atoms with Crippen LogP contribution in [0, 0.1) is 17.0 Å². The highest BCUT2D eigenvalue weighted by Gasteiger charge is 2.17. The van der Waals surface area contributed by atoms with E-state index in [9.17, 15) is 29.9 Å². The number of amides is 1. The third kappa shape index (κ3) is 4.93. The van der Waals surface area contributed by atoms with E-state index in [2.05, 4.69) is 10.5 Å². The number of aromatic hydroxyl groups is 2. The first-order valence-corrected chi connectivity index (χ1v) is 9.05. The van der Waals surface area contributed by atoms with Gasteiger partial charge in [-0.25, -0.2) is 5.43 Å². The maximum atomic E-state index is 12.7. The average molecular weight is 422 g/mol. The van der Waals surface area contributed by atoms with Crippen molar-refractivity contribution in [2.45, 2.75) is 13.5 Å². The Kier molecular flexibility index (Phi) is 6.10. The van der Waals surface area contributed by atoms with Crippen LogP contribution < -0.4 is 11.0 Å². The number of hydrazone groups is 1. The third-order valence-corrected chi connectivity index (χ3v) is 4.39. The second kappa shape index (κ2) is 8.91. The summed E-state index contributed by atoms with van der Waals surface area (Å²) < 4.78 is 1.39. The van der Waals surface area contributed by atoms with E-state index in [1.165, 1.54) is 10.6 Å². The van der Waals surface area contributed by atoms with Crippen LogP contribution in [0.2, 0.25) is 0 Å². The highest BCUT2D eigenvalue weighted by Crippen LogP contribution is 2.31. The molecule has 3 rings (SSSR count). The Morgan fingerprint density at radius 1 is 1.19 bits per heavy atom. The number of hydrogen-bond donors (Lipinski definition) is 3. The van der Waals surface area contributed by atoms with Crippen LogP contribution in [-0.2, 0) is 6.54 Å². The molecule has 3 N–H and O–H groups in total. The molecule has 0 fully saturated rings. The summed E-state index contributed by atoms with van der Waals surface area (Å²) >= 11 is 0. The number of nitro groups is 1. The number of aryl methyl sites for hydroxylation is 1. The Bertz CT molecular complexity index is 1250. The number of pyridine rings is 1. The van der Waals surface area contributed by atoms with Gasteiger partial charge in [-0.05, 0) is 24.6 Å². The molecule has 1 heterocycles. The minimum Gasteiger partial charge on any atom is -0.507 e. The molecule has 1 amide bonds. The lowest BCUT2D eigenvalue weighted by Gasteiger charge is -2.08. The van der Waals surface area contributed by atoms with Crippen molar-refractivity contribution in [2.75, 3.05) is 0 Å². The van der Waals surface area contributed by atoms with E-state index in [1.807, 2.05) is 31.2 Å². The van der Waals surface area contributed by atoms with Crippen molar-refractivity contribution in [3.05, 3.63) is 97.4 Å². The van der Waals surface area contributed by atoms with E-state index in [0.29, 0.717) is 0 Å². The van der Waals surface area contributed by atoms with Gasteiger partial charge in [0.05, 0.1) is 17.7 Å². The minimum absolute atomic E-state index is 0.102. The first-order chi connectivity index (χ1) is 14.8. The number of hydrogen-bond acceptors (Lipinski definition) is 7. The Labute approximate surface area is 175 Å². The molecule has 10 nitrogen and oxygen atoms in total. The van der Waals surface area contributed by atoms with Crippen molar-refractivity contribution in [1.82, 2.24) is 9.99 Å². The number of rotatable bonds is 6. The molecule has 0 saturated heterocycles. The summed E-state index contributed by atoms with van der Waals surface area (Å²) in [6, 6.07) is 12.2. The zero-order chi connectivity index (χ0) is 22.5. The fraction of sp³-hybridized carbons (Fsp3) is 0.0952. The van der Waals surface area contributed by atoms with E-state index in [4.69, 9.17) is 0 Å². The van der Waals surface area contributed by atoms with Crippen molar-refractivity contribution in [2.24, 2.45) is 5.10 Å². The smallest absolute Gasteiger partial charge is 0.311 e. The van der Waals surface area contributed by atoms with Gasteiger partial charge < -0.3 is 14.8 Å². The SMILES string of the molecule is Cc1cccc(Cn2cccc(C(=O)N/N=C\c3cc([N+](=O)[O-])c(O)cc3O)c2=O)c1. The standard InChI is InChI=1S/C21H18N4O6/c1-13-4-2-5-14(8-13)12-24-7-3-6-16(21(24)29)20(28)23-22-11-15-9-17(25(30)31)19(27)10-18(15)26/h2-11,26-27H,12H2,1H3,(H,23,28)/b22-11-. The number of phenolic OH excluding ortho intramolecular Hbond substituents is 2. The monoisotopic (exact) mass is 422 g/mol. The molecule has 31 heavy (non-hydrogen) atoms. The molecule has 0 bridgehead atoms. The maximum absolute atomic E-state index is 12.7. The molecule has 1 aromatic heterocycles. The van der Waals surface area contributed by atoms with Gasteiger partial charge in [0, 0.05) is 23.9 Å². The van der Waals surface area contributed by atoms with Crippen molar-refractivity contribution < 1.29 is 19.9 Å². The molecule has 0 spiro atoms. The van der Waals surface area contributed by atoms with Crippen LogP contribution in [0.5, 0.6) is 11.5 Å². The molecule has 0 aliphatic heterocycles. The summed E-state index contributed by atoms with van der Waals surface area (Å²) in [6.45, 7) is 2.23. The molecule has 2 aromatic carbocycles. The molecule has 158 valence electrons. The minimum atomic E-state index is -0.828. The summed E-state index contributed by atoms with van der Waals surface area (Å²) in [6.07, 6.45) is 2.53. The van der Waals surface area contributed by atoms with Gasteiger partial charge in [-0.15, -0.1) is 0 Å². The van der Waals surface area contributed by atoms with Gasteiger partial charge in [0.2, 0.25) is 0 Å². The van der Waals surface area contributed by atoms with Gasteiger partial charge in [0.15, 0.2) is 5.75 Å². The van der Waals surface area contributed by atoms with E-state index in [-0.39, 0.29) is 17.7 Å². The number of benzene rings is 2. The molecule has 0 atom stereocenters. The van der Waals surface area contributed by atoms with E-state index < -0.39 is 33.6 Å².